The summed E-state index contributed by atoms with van der Waals surface area (Å²) in [4.78, 5) is 21.3. The number of nitrogens with one attached hydrogen (secondary N) is 1. The average Bonchev–Trinajstić information content (AvgIpc) is 2.35. The van der Waals surface area contributed by atoms with Gasteiger partial charge in [0, 0.05) is 18.3 Å². The number of esters is 1. The summed E-state index contributed by atoms with van der Waals surface area (Å²) in [6.07, 6.45) is 1.53. The summed E-state index contributed by atoms with van der Waals surface area (Å²) < 4.78 is 4.57. The van der Waals surface area contributed by atoms with Gasteiger partial charge in [0.2, 0.25) is 5.82 Å². The highest BCUT2D eigenvalue weighted by Gasteiger charge is 2.20. The van der Waals surface area contributed by atoms with Crippen molar-refractivity contribution in [1.82, 2.24) is 14.9 Å². The Labute approximate surface area is 107 Å². The second-order valence-electron chi connectivity index (χ2n) is 4.82. The second kappa shape index (κ2) is 5.77. The lowest BCUT2D eigenvalue weighted by atomic mass is 10.0. The molecule has 0 amide bonds. The number of anilines is 1. The Bertz CT molecular complexity index is 418. The van der Waals surface area contributed by atoms with E-state index < -0.39 is 5.97 Å². The summed E-state index contributed by atoms with van der Waals surface area (Å²) in [5.41, 5.74) is -0.0175. The van der Waals surface area contributed by atoms with Crippen molar-refractivity contribution in [2.45, 2.75) is 19.4 Å². The van der Waals surface area contributed by atoms with E-state index >= 15 is 0 Å². The van der Waals surface area contributed by atoms with Crippen LogP contribution in [0.5, 0.6) is 0 Å². The molecular weight excluding hydrogens is 232 g/mol. The third-order valence-corrected chi connectivity index (χ3v) is 2.94. The third-order valence-electron chi connectivity index (χ3n) is 2.94. The number of methoxy groups -OCH3 is 1. The Hall–Kier alpha value is -1.69. The fraction of sp³-hybridized carbons (Fsp3) is 0.583. The molecule has 0 aliphatic heterocycles. The van der Waals surface area contributed by atoms with Crippen LogP contribution in [0.1, 0.15) is 24.5 Å². The van der Waals surface area contributed by atoms with Gasteiger partial charge in [-0.3, -0.25) is 0 Å². The summed E-state index contributed by atoms with van der Waals surface area (Å²) in [5, 5.41) is 3.19. The monoisotopic (exact) mass is 252 g/mol. The summed E-state index contributed by atoms with van der Waals surface area (Å²) in [6.45, 7) is 4.93. The topological polar surface area (TPSA) is 67.3 Å². The highest BCUT2D eigenvalue weighted by Crippen LogP contribution is 2.11. The van der Waals surface area contributed by atoms with Gasteiger partial charge in [-0.1, -0.05) is 0 Å². The molecule has 1 rings (SSSR count). The predicted molar refractivity (Wildman–Crippen MR) is 69.6 cm³/mol. The minimum atomic E-state index is -0.537. The molecule has 1 aromatic heterocycles. The molecule has 0 radical (unpaired) electrons. The highest BCUT2D eigenvalue weighted by atomic mass is 16.5. The van der Waals surface area contributed by atoms with Gasteiger partial charge in [-0.2, -0.15) is 0 Å². The minimum absolute atomic E-state index is 0.0175. The molecule has 1 heterocycles. The second-order valence-corrected chi connectivity index (χ2v) is 4.82. The van der Waals surface area contributed by atoms with E-state index in [2.05, 4.69) is 38.8 Å². The van der Waals surface area contributed by atoms with Crippen LogP contribution in [-0.2, 0) is 4.74 Å². The maximum atomic E-state index is 11.3. The quantitative estimate of drug-likeness (QED) is 0.789. The van der Waals surface area contributed by atoms with Crippen molar-refractivity contribution in [2.75, 3.05) is 33.1 Å². The fourth-order valence-electron chi connectivity index (χ4n) is 1.11. The molecule has 6 nitrogen and oxygen atoms in total. The molecular formula is C12H20N4O2. The zero-order chi connectivity index (χ0) is 13.8. The van der Waals surface area contributed by atoms with Crippen LogP contribution in [0, 0.1) is 0 Å². The van der Waals surface area contributed by atoms with Crippen molar-refractivity contribution >= 4 is 11.8 Å². The number of likely N-dealkylation sites (N-methyl/N-ethyl adjacent to an activating group) is 1. The van der Waals surface area contributed by atoms with Gasteiger partial charge in [0.05, 0.1) is 7.11 Å². The molecule has 0 aliphatic rings. The standard InChI is InChI=1S/C12H20N4O2/c1-12(2,16(3)4)8-14-9-6-7-13-10(15-9)11(17)18-5/h6-7H,8H2,1-5H3,(H,13,14,15). The van der Waals surface area contributed by atoms with Gasteiger partial charge >= 0.3 is 5.97 Å². The number of ether oxygens (including phenoxy) is 1. The Morgan fingerprint density at radius 1 is 1.50 bits per heavy atom. The number of carbonyl (C=O) groups excluding carboxylic acids is 1. The van der Waals surface area contributed by atoms with Crippen molar-refractivity contribution in [1.29, 1.82) is 0 Å². The molecule has 18 heavy (non-hydrogen) atoms. The van der Waals surface area contributed by atoms with Gasteiger partial charge in [0.1, 0.15) is 5.82 Å². The molecule has 0 atom stereocenters. The fourth-order valence-corrected chi connectivity index (χ4v) is 1.11. The lowest BCUT2D eigenvalue weighted by Gasteiger charge is -2.32. The molecule has 1 aromatic rings. The highest BCUT2D eigenvalue weighted by molar-refractivity contribution is 5.85. The molecule has 100 valence electrons. The molecule has 0 spiro atoms. The van der Waals surface area contributed by atoms with Gasteiger partial charge in [-0.25, -0.2) is 14.8 Å². The van der Waals surface area contributed by atoms with Gasteiger partial charge in [-0.05, 0) is 34.0 Å². The Morgan fingerprint density at radius 3 is 2.72 bits per heavy atom. The molecule has 0 saturated heterocycles. The summed E-state index contributed by atoms with van der Waals surface area (Å²) in [5.74, 6) is 0.135. The molecule has 0 aliphatic carbocycles. The van der Waals surface area contributed by atoms with Crippen LogP contribution < -0.4 is 5.32 Å². The van der Waals surface area contributed by atoms with Crippen LogP contribution in [0.4, 0.5) is 5.82 Å². The number of hydrogen-bond donors (Lipinski definition) is 1. The van der Waals surface area contributed by atoms with Crippen molar-refractivity contribution in [2.24, 2.45) is 0 Å². The number of nitrogens with zero attached hydrogens (tertiary/aromatic N) is 3. The van der Waals surface area contributed by atoms with Crippen molar-refractivity contribution in [3.8, 4) is 0 Å². The molecule has 6 heteroatoms. The first kappa shape index (κ1) is 14.4. The van der Waals surface area contributed by atoms with Gasteiger partial charge in [0.15, 0.2) is 0 Å². The van der Waals surface area contributed by atoms with E-state index in [0.29, 0.717) is 12.4 Å². The summed E-state index contributed by atoms with van der Waals surface area (Å²) >= 11 is 0. The van der Waals surface area contributed by atoms with Crippen LogP contribution in [0.15, 0.2) is 12.3 Å². The predicted octanol–water partition coefficient (Wildman–Crippen LogP) is 1.02. The van der Waals surface area contributed by atoms with Crippen LogP contribution in [0.2, 0.25) is 0 Å². The molecule has 0 unspecified atom stereocenters. The van der Waals surface area contributed by atoms with Gasteiger partial charge in [0.25, 0.3) is 0 Å². The SMILES string of the molecule is COC(=O)c1nccc(NCC(C)(C)N(C)C)n1. The minimum Gasteiger partial charge on any atom is -0.463 e. The lowest BCUT2D eigenvalue weighted by molar-refractivity contribution is 0.0587. The number of aromatic nitrogens is 2. The van der Waals surface area contributed by atoms with E-state index in [1.807, 2.05) is 14.1 Å². The van der Waals surface area contributed by atoms with Crippen LogP contribution >= 0.6 is 0 Å². The lowest BCUT2D eigenvalue weighted by Crippen LogP contribution is -2.44. The van der Waals surface area contributed by atoms with E-state index in [1.165, 1.54) is 13.3 Å². The van der Waals surface area contributed by atoms with Gasteiger partial charge < -0.3 is 15.0 Å². The van der Waals surface area contributed by atoms with E-state index in [-0.39, 0.29) is 11.4 Å². The number of carbonyl (C=O) groups is 1. The average molecular weight is 252 g/mol. The normalized spacial score (nSPS) is 11.4. The van der Waals surface area contributed by atoms with Crippen LogP contribution in [0.3, 0.4) is 0 Å². The van der Waals surface area contributed by atoms with Crippen molar-refractivity contribution in [3.63, 3.8) is 0 Å². The molecule has 0 saturated carbocycles. The van der Waals surface area contributed by atoms with E-state index in [4.69, 9.17) is 0 Å². The zero-order valence-electron chi connectivity index (χ0n) is 11.5. The first-order chi connectivity index (χ1) is 8.36. The first-order valence-electron chi connectivity index (χ1n) is 5.69. The molecule has 0 aromatic carbocycles. The van der Waals surface area contributed by atoms with Crippen LogP contribution in [0.25, 0.3) is 0 Å². The Morgan fingerprint density at radius 2 is 2.17 bits per heavy atom. The number of rotatable bonds is 5. The summed E-state index contributed by atoms with van der Waals surface area (Å²) in [6, 6.07) is 1.72. The molecule has 0 bridgehead atoms. The smallest absolute Gasteiger partial charge is 0.376 e. The zero-order valence-corrected chi connectivity index (χ0v) is 11.5. The maximum Gasteiger partial charge on any atom is 0.376 e. The third kappa shape index (κ3) is 3.66. The first-order valence-corrected chi connectivity index (χ1v) is 5.69. The van der Waals surface area contributed by atoms with E-state index in [0.717, 1.165) is 0 Å². The van der Waals surface area contributed by atoms with E-state index in [9.17, 15) is 4.79 Å². The Kier molecular flexibility index (Phi) is 4.61. The molecule has 0 fully saturated rings. The van der Waals surface area contributed by atoms with Crippen molar-refractivity contribution in [3.05, 3.63) is 18.1 Å². The van der Waals surface area contributed by atoms with Crippen LogP contribution in [-0.4, -0.2) is 54.1 Å². The van der Waals surface area contributed by atoms with E-state index in [1.54, 1.807) is 6.07 Å². The summed E-state index contributed by atoms with van der Waals surface area (Å²) in [7, 11) is 5.34. The Balaban J connectivity index is 2.72. The van der Waals surface area contributed by atoms with Gasteiger partial charge in [-0.15, -0.1) is 0 Å². The van der Waals surface area contributed by atoms with Crippen molar-refractivity contribution < 1.29 is 9.53 Å². The number of hydrogen-bond acceptors (Lipinski definition) is 6. The largest absolute Gasteiger partial charge is 0.463 e. The molecule has 1 N–H and O–H groups in total. The maximum absolute atomic E-state index is 11.3.